The van der Waals surface area contributed by atoms with E-state index >= 15 is 0 Å². The predicted octanol–water partition coefficient (Wildman–Crippen LogP) is 3.94. The number of aryl methyl sites for hydroxylation is 1. The summed E-state index contributed by atoms with van der Waals surface area (Å²) < 4.78 is 23.7. The summed E-state index contributed by atoms with van der Waals surface area (Å²) in [7, 11) is -3.93. The van der Waals surface area contributed by atoms with Gasteiger partial charge in [-0.25, -0.2) is 18.5 Å². The molecule has 9 heteroatoms. The van der Waals surface area contributed by atoms with Crippen LogP contribution in [-0.2, 0) is 27.8 Å². The van der Waals surface area contributed by atoms with Crippen molar-refractivity contribution < 1.29 is 13.2 Å². The van der Waals surface area contributed by atoms with Gasteiger partial charge in [0.15, 0.2) is 9.34 Å². The van der Waals surface area contributed by atoms with E-state index in [1.54, 1.807) is 25.3 Å². The van der Waals surface area contributed by atoms with Crippen LogP contribution in [0.3, 0.4) is 0 Å². The molecule has 2 heterocycles. The van der Waals surface area contributed by atoms with Crippen LogP contribution in [0.25, 0.3) is 11.1 Å². The Morgan fingerprint density at radius 3 is 2.24 bits per heavy atom. The summed E-state index contributed by atoms with van der Waals surface area (Å²) in [5, 5.41) is 5.58. The van der Waals surface area contributed by atoms with Crippen molar-refractivity contribution in [2.45, 2.75) is 24.1 Å². The van der Waals surface area contributed by atoms with Crippen LogP contribution in [0.2, 0.25) is 0 Å². The number of carbonyl (C=O) groups excluding carboxylic acids is 1. The number of pyridine rings is 1. The molecule has 2 aromatic carbocycles. The van der Waals surface area contributed by atoms with Gasteiger partial charge in [0.1, 0.15) is 0 Å². The molecular weight excluding hydrogens is 456 g/mol. The van der Waals surface area contributed by atoms with Crippen molar-refractivity contribution in [2.24, 2.45) is 5.14 Å². The van der Waals surface area contributed by atoms with Crippen molar-refractivity contribution in [1.82, 2.24) is 9.97 Å². The maximum absolute atomic E-state index is 13.3. The van der Waals surface area contributed by atoms with Crippen LogP contribution in [0, 0.1) is 6.92 Å². The molecule has 0 spiro atoms. The molecule has 0 unspecified atom stereocenters. The Hall–Kier alpha value is -3.40. The molecule has 7 nitrogen and oxygen atoms in total. The molecule has 0 aliphatic carbocycles. The van der Waals surface area contributed by atoms with E-state index in [9.17, 15) is 13.2 Å². The molecule has 0 atom stereocenters. The Morgan fingerprint density at radius 2 is 1.64 bits per heavy atom. The van der Waals surface area contributed by atoms with E-state index in [1.165, 1.54) is 4.90 Å². The van der Waals surface area contributed by atoms with Crippen LogP contribution in [0.5, 0.6) is 0 Å². The molecule has 0 saturated carbocycles. The number of benzene rings is 2. The van der Waals surface area contributed by atoms with E-state index in [2.05, 4.69) is 9.97 Å². The zero-order valence-corrected chi connectivity index (χ0v) is 19.5. The van der Waals surface area contributed by atoms with Gasteiger partial charge in [-0.05, 0) is 35.7 Å². The number of nitrogens with zero attached hydrogens (tertiary/aromatic N) is 3. The van der Waals surface area contributed by atoms with Crippen molar-refractivity contribution in [3.8, 4) is 11.1 Å². The summed E-state index contributed by atoms with van der Waals surface area (Å²) in [5.41, 5.74) is 3.93. The minimum absolute atomic E-state index is 0.0523. The van der Waals surface area contributed by atoms with Gasteiger partial charge in [-0.2, -0.15) is 0 Å². The monoisotopic (exact) mass is 478 g/mol. The van der Waals surface area contributed by atoms with E-state index in [-0.39, 0.29) is 33.9 Å². The summed E-state index contributed by atoms with van der Waals surface area (Å²) in [5.74, 6) is -0.220. The number of hydrogen-bond acceptors (Lipinski definition) is 6. The first-order chi connectivity index (χ1) is 15.8. The number of amides is 1. The largest absolute Gasteiger partial charge is 0.282 e. The number of aromatic nitrogens is 2. The topological polar surface area (TPSA) is 106 Å². The molecule has 2 N–H and O–H groups in total. The molecule has 168 valence electrons. The summed E-state index contributed by atoms with van der Waals surface area (Å²) in [6, 6.07) is 23.2. The van der Waals surface area contributed by atoms with Gasteiger partial charge in [0.25, 0.3) is 0 Å². The average molecular weight is 479 g/mol. The molecule has 2 aromatic heterocycles. The summed E-state index contributed by atoms with van der Waals surface area (Å²) in [4.78, 5) is 23.4. The van der Waals surface area contributed by atoms with Crippen LogP contribution >= 0.6 is 11.3 Å². The maximum Gasteiger partial charge on any atom is 0.249 e. The average Bonchev–Trinajstić information content (AvgIpc) is 3.21. The fraction of sp³-hybridized carbons (Fsp3) is 0.125. The van der Waals surface area contributed by atoms with E-state index in [4.69, 9.17) is 5.14 Å². The molecular formula is C24H22N4O3S2. The molecule has 4 aromatic rings. The second kappa shape index (κ2) is 9.62. The maximum atomic E-state index is 13.3. The first-order valence-corrected chi connectivity index (χ1v) is 12.5. The minimum Gasteiger partial charge on any atom is -0.282 e. The second-order valence-electron chi connectivity index (χ2n) is 7.46. The quantitative estimate of drug-likeness (QED) is 0.433. The van der Waals surface area contributed by atoms with E-state index in [0.29, 0.717) is 5.69 Å². The number of nitrogens with two attached hydrogens (primary N) is 1. The Bertz CT molecular complexity index is 1350. The SMILES string of the molecule is Cc1nc(N(Cc2ccccn2)C(=O)Cc2ccc(-c3ccccc3)cc2)sc1S(N)(=O)=O. The fourth-order valence-electron chi connectivity index (χ4n) is 3.38. The number of hydrogen-bond donors (Lipinski definition) is 1. The van der Waals surface area contributed by atoms with Gasteiger partial charge in [-0.3, -0.25) is 14.7 Å². The smallest absolute Gasteiger partial charge is 0.249 e. The Labute approximate surface area is 196 Å². The lowest BCUT2D eigenvalue weighted by molar-refractivity contribution is -0.118. The number of anilines is 1. The van der Waals surface area contributed by atoms with Crippen LogP contribution in [0.15, 0.2) is 83.2 Å². The molecule has 0 fully saturated rings. The van der Waals surface area contributed by atoms with Gasteiger partial charge in [-0.1, -0.05) is 72.0 Å². The fourth-order valence-corrected chi connectivity index (χ4v) is 5.34. The van der Waals surface area contributed by atoms with Gasteiger partial charge in [0.2, 0.25) is 15.9 Å². The molecule has 1 amide bonds. The summed E-state index contributed by atoms with van der Waals surface area (Å²) in [6.45, 7) is 1.73. The van der Waals surface area contributed by atoms with Gasteiger partial charge in [0, 0.05) is 6.20 Å². The molecule has 0 radical (unpaired) electrons. The Kier molecular flexibility index (Phi) is 6.64. The third-order valence-corrected chi connectivity index (χ3v) is 7.73. The molecule has 0 aliphatic rings. The van der Waals surface area contributed by atoms with Crippen LogP contribution in [0.1, 0.15) is 17.0 Å². The van der Waals surface area contributed by atoms with Crippen LogP contribution in [0.4, 0.5) is 5.13 Å². The highest BCUT2D eigenvalue weighted by Crippen LogP contribution is 2.30. The van der Waals surface area contributed by atoms with E-state index in [1.807, 2.05) is 60.7 Å². The summed E-state index contributed by atoms with van der Waals surface area (Å²) >= 11 is 0.886. The number of rotatable bonds is 7. The first kappa shape index (κ1) is 22.8. The highest BCUT2D eigenvalue weighted by Gasteiger charge is 2.25. The van der Waals surface area contributed by atoms with Gasteiger partial charge in [-0.15, -0.1) is 0 Å². The predicted molar refractivity (Wildman–Crippen MR) is 129 cm³/mol. The number of carbonyl (C=O) groups is 1. The third-order valence-electron chi connectivity index (χ3n) is 5.00. The van der Waals surface area contributed by atoms with Gasteiger partial charge < -0.3 is 0 Å². The number of thiazole rings is 1. The molecule has 0 saturated heterocycles. The summed E-state index contributed by atoms with van der Waals surface area (Å²) in [6.07, 6.45) is 1.77. The Morgan fingerprint density at radius 1 is 0.970 bits per heavy atom. The van der Waals surface area contributed by atoms with Crippen molar-refractivity contribution >= 4 is 32.4 Å². The van der Waals surface area contributed by atoms with Crippen LogP contribution in [-0.4, -0.2) is 24.3 Å². The van der Waals surface area contributed by atoms with Crippen molar-refractivity contribution in [2.75, 3.05) is 4.90 Å². The lowest BCUT2D eigenvalue weighted by Crippen LogP contribution is -2.32. The normalized spacial score (nSPS) is 11.3. The molecule has 33 heavy (non-hydrogen) atoms. The molecule has 4 rings (SSSR count). The highest BCUT2D eigenvalue weighted by molar-refractivity contribution is 7.91. The lowest BCUT2D eigenvalue weighted by Gasteiger charge is -2.20. The van der Waals surface area contributed by atoms with E-state index < -0.39 is 10.0 Å². The zero-order valence-electron chi connectivity index (χ0n) is 17.9. The van der Waals surface area contributed by atoms with Crippen molar-refractivity contribution in [1.29, 1.82) is 0 Å². The molecule has 0 aliphatic heterocycles. The van der Waals surface area contributed by atoms with Crippen LogP contribution < -0.4 is 10.0 Å². The minimum atomic E-state index is -3.93. The zero-order chi connectivity index (χ0) is 23.4. The van der Waals surface area contributed by atoms with Gasteiger partial charge >= 0.3 is 0 Å². The number of sulfonamides is 1. The highest BCUT2D eigenvalue weighted by atomic mass is 32.2. The number of primary sulfonamides is 1. The van der Waals surface area contributed by atoms with Crippen molar-refractivity contribution in [3.05, 3.63) is 95.9 Å². The third kappa shape index (κ3) is 5.51. The standard InChI is InChI=1S/C24H22N4O3S2/c1-17-23(33(25,30)31)32-24(27-17)28(16-21-9-5-6-14-26-21)22(29)15-18-10-12-20(13-11-18)19-7-3-2-4-8-19/h2-14H,15-16H2,1H3,(H2,25,30,31). The second-order valence-corrected chi connectivity index (χ2v) is 10.2. The molecule has 0 bridgehead atoms. The van der Waals surface area contributed by atoms with Crippen molar-refractivity contribution in [3.63, 3.8) is 0 Å². The lowest BCUT2D eigenvalue weighted by atomic mass is 10.0. The van der Waals surface area contributed by atoms with E-state index in [0.717, 1.165) is 28.0 Å². The Balaban J connectivity index is 1.61. The first-order valence-electron chi connectivity index (χ1n) is 10.2. The van der Waals surface area contributed by atoms with Gasteiger partial charge in [0.05, 0.1) is 24.4 Å².